The number of nitrogens with zero attached hydrogens (tertiary/aromatic N) is 1. The summed E-state index contributed by atoms with van der Waals surface area (Å²) in [5, 5.41) is 3.83. The Morgan fingerprint density at radius 1 is 0.783 bits per heavy atom. The fourth-order valence-corrected chi connectivity index (χ4v) is 8.00. The average molecular weight is 825 g/mol. The molecular formula is C47H60N4O9. The third-order valence-electron chi connectivity index (χ3n) is 11.1. The van der Waals surface area contributed by atoms with Crippen molar-refractivity contribution >= 4 is 29.9 Å². The predicted molar refractivity (Wildman–Crippen MR) is 226 cm³/mol. The number of rotatable bonds is 18. The molecule has 0 radical (unpaired) electrons. The van der Waals surface area contributed by atoms with Crippen LogP contribution < -0.4 is 16.2 Å². The van der Waals surface area contributed by atoms with E-state index in [2.05, 4.69) is 28.4 Å². The van der Waals surface area contributed by atoms with Gasteiger partial charge in [-0.15, -0.1) is 0 Å². The number of benzene rings is 3. The number of hydroxylamine groups is 1. The highest BCUT2D eigenvalue weighted by atomic mass is 16.8. The standard InChI is InChI=1S/C47H60N4O9/c1-32(2)30-40(39(23-15-18-34-16-5-4-6-17-34)45(53)50-60-43-25-12-14-28-57-43)44(52)49-51(26-29-58-42-24-11-13-27-56-42)46(54)33(3)48-47(55)59-31-41-37-21-9-7-19-35(37)36-20-8-10-22-38(36)41/h4-10,15-22,32-33,39-43H,11-14,23-31H2,1-3H3,(H,48,55)(H,49,52)(H,50,53)/b18-15+/t33-,39+,40-,42?,43?/m1/s1. The van der Waals surface area contributed by atoms with E-state index in [1.165, 1.54) is 6.92 Å². The van der Waals surface area contributed by atoms with E-state index in [9.17, 15) is 19.2 Å². The minimum atomic E-state index is -1.09. The minimum absolute atomic E-state index is 0.0156. The van der Waals surface area contributed by atoms with E-state index in [0.717, 1.165) is 64.9 Å². The summed E-state index contributed by atoms with van der Waals surface area (Å²) in [7, 11) is 0. The first-order valence-electron chi connectivity index (χ1n) is 21.4. The summed E-state index contributed by atoms with van der Waals surface area (Å²) in [6, 6.07) is 24.7. The average Bonchev–Trinajstić information content (AvgIpc) is 3.59. The molecule has 13 heteroatoms. The second-order valence-corrected chi connectivity index (χ2v) is 16.1. The maximum Gasteiger partial charge on any atom is 0.407 e. The van der Waals surface area contributed by atoms with Gasteiger partial charge in [-0.25, -0.2) is 20.1 Å². The van der Waals surface area contributed by atoms with E-state index in [4.69, 9.17) is 23.8 Å². The maximum absolute atomic E-state index is 14.5. The third-order valence-corrected chi connectivity index (χ3v) is 11.1. The minimum Gasteiger partial charge on any atom is -0.449 e. The van der Waals surface area contributed by atoms with E-state index < -0.39 is 54.3 Å². The van der Waals surface area contributed by atoms with Gasteiger partial charge in [-0.05, 0) is 85.6 Å². The zero-order valence-electron chi connectivity index (χ0n) is 35.0. The van der Waals surface area contributed by atoms with Gasteiger partial charge in [0.2, 0.25) is 11.8 Å². The molecule has 2 unspecified atom stereocenters. The number of amides is 4. The van der Waals surface area contributed by atoms with Crippen LogP contribution in [0.2, 0.25) is 0 Å². The Kier molecular flexibility index (Phi) is 16.7. The molecule has 3 aromatic rings. The first-order valence-corrected chi connectivity index (χ1v) is 21.4. The van der Waals surface area contributed by atoms with Crippen molar-refractivity contribution in [3.05, 3.63) is 102 Å². The lowest BCUT2D eigenvalue weighted by atomic mass is 9.82. The summed E-state index contributed by atoms with van der Waals surface area (Å²) < 4.78 is 23.1. The Morgan fingerprint density at radius 3 is 2.05 bits per heavy atom. The van der Waals surface area contributed by atoms with Gasteiger partial charge >= 0.3 is 6.09 Å². The molecule has 3 N–H and O–H groups in total. The SMILES string of the molecule is CC(C)C[C@@H](C(=O)NN(CCOC1CCCCO1)C(=O)[C@@H](C)NC(=O)OCC1c2ccccc2-c2ccccc21)[C@H](C/C=C/c1ccccc1)C(=O)NOC1CCCCO1. The van der Waals surface area contributed by atoms with Gasteiger partial charge in [-0.3, -0.25) is 19.8 Å². The molecule has 4 amide bonds. The van der Waals surface area contributed by atoms with Crippen LogP contribution in [-0.2, 0) is 38.2 Å². The van der Waals surface area contributed by atoms with Gasteiger partial charge in [0.15, 0.2) is 12.6 Å². The summed E-state index contributed by atoms with van der Waals surface area (Å²) in [6.07, 6.45) is 7.68. The smallest absolute Gasteiger partial charge is 0.407 e. The molecule has 0 bridgehead atoms. The first kappa shape index (κ1) is 44.5. The normalized spacial score (nSPS) is 19.1. The van der Waals surface area contributed by atoms with Crippen LogP contribution in [-0.4, -0.2) is 80.4 Å². The zero-order valence-corrected chi connectivity index (χ0v) is 35.0. The fourth-order valence-electron chi connectivity index (χ4n) is 8.00. The number of carbonyl (C=O) groups is 4. The van der Waals surface area contributed by atoms with E-state index in [-0.39, 0.29) is 38.0 Å². The Hall–Kier alpha value is -5.08. The van der Waals surface area contributed by atoms with E-state index >= 15 is 0 Å². The van der Waals surface area contributed by atoms with Crippen LogP contribution in [0.1, 0.15) is 94.7 Å². The number of carbonyl (C=O) groups excluding carboxylic acids is 4. The molecule has 0 aromatic heterocycles. The van der Waals surface area contributed by atoms with Crippen LogP contribution in [0.25, 0.3) is 17.2 Å². The van der Waals surface area contributed by atoms with Crippen molar-refractivity contribution in [3.8, 4) is 11.1 Å². The molecule has 13 nitrogen and oxygen atoms in total. The number of hydrazine groups is 1. The van der Waals surface area contributed by atoms with Crippen molar-refractivity contribution in [2.24, 2.45) is 17.8 Å². The third kappa shape index (κ3) is 12.5. The van der Waals surface area contributed by atoms with Crippen molar-refractivity contribution in [1.82, 2.24) is 21.2 Å². The second-order valence-electron chi connectivity index (χ2n) is 16.1. The first-order chi connectivity index (χ1) is 29.2. The lowest BCUT2D eigenvalue weighted by Gasteiger charge is -2.32. The van der Waals surface area contributed by atoms with Crippen LogP contribution >= 0.6 is 0 Å². The van der Waals surface area contributed by atoms with Crippen LogP contribution in [0.15, 0.2) is 84.9 Å². The molecule has 2 heterocycles. The lowest BCUT2D eigenvalue weighted by molar-refractivity contribution is -0.203. The van der Waals surface area contributed by atoms with E-state index in [1.54, 1.807) is 0 Å². The van der Waals surface area contributed by atoms with Gasteiger partial charge < -0.3 is 24.3 Å². The van der Waals surface area contributed by atoms with Crippen LogP contribution in [0.3, 0.4) is 0 Å². The number of allylic oxidation sites excluding steroid dienone is 1. The van der Waals surface area contributed by atoms with Crippen molar-refractivity contribution in [3.63, 3.8) is 0 Å². The zero-order chi connectivity index (χ0) is 42.3. The number of alkyl carbamates (subject to hydrolysis) is 1. The monoisotopic (exact) mass is 824 g/mol. The highest BCUT2D eigenvalue weighted by molar-refractivity contribution is 5.91. The molecule has 3 aromatic carbocycles. The maximum atomic E-state index is 14.5. The topological polar surface area (TPSA) is 154 Å². The summed E-state index contributed by atoms with van der Waals surface area (Å²) in [5.41, 5.74) is 10.7. The predicted octanol–water partition coefficient (Wildman–Crippen LogP) is 7.27. The van der Waals surface area contributed by atoms with Gasteiger partial charge in [-0.1, -0.05) is 105 Å². The molecule has 60 heavy (non-hydrogen) atoms. The summed E-state index contributed by atoms with van der Waals surface area (Å²) >= 11 is 0. The van der Waals surface area contributed by atoms with Gasteiger partial charge in [0.1, 0.15) is 12.6 Å². The second kappa shape index (κ2) is 22.5. The van der Waals surface area contributed by atoms with Gasteiger partial charge in [0.05, 0.1) is 25.0 Å². The molecule has 2 aliphatic heterocycles. The largest absolute Gasteiger partial charge is 0.449 e. The lowest BCUT2D eigenvalue weighted by Crippen LogP contribution is -2.57. The van der Waals surface area contributed by atoms with Crippen molar-refractivity contribution in [2.75, 3.05) is 33.0 Å². The van der Waals surface area contributed by atoms with Gasteiger partial charge in [0, 0.05) is 25.6 Å². The molecule has 0 spiro atoms. The summed E-state index contributed by atoms with van der Waals surface area (Å²) in [5.74, 6) is -3.46. The molecular weight excluding hydrogens is 765 g/mol. The highest BCUT2D eigenvalue weighted by Gasteiger charge is 2.37. The van der Waals surface area contributed by atoms with Crippen LogP contribution in [0.5, 0.6) is 0 Å². The van der Waals surface area contributed by atoms with E-state index in [0.29, 0.717) is 26.1 Å². The fraction of sp³-hybridized carbons (Fsp3) is 0.489. The number of hydrogen-bond acceptors (Lipinski definition) is 9. The Bertz CT molecular complexity index is 1850. The van der Waals surface area contributed by atoms with Gasteiger partial charge in [0.25, 0.3) is 5.91 Å². The van der Waals surface area contributed by atoms with Gasteiger partial charge in [-0.2, -0.15) is 0 Å². The Morgan fingerprint density at radius 2 is 1.42 bits per heavy atom. The number of ether oxygens (including phenoxy) is 4. The molecule has 0 saturated carbocycles. The molecule has 322 valence electrons. The number of fused-ring (bicyclic) bond motifs is 3. The van der Waals surface area contributed by atoms with Crippen LogP contribution in [0, 0.1) is 17.8 Å². The van der Waals surface area contributed by atoms with Crippen LogP contribution in [0.4, 0.5) is 4.79 Å². The van der Waals surface area contributed by atoms with Crippen molar-refractivity contribution in [2.45, 2.75) is 96.7 Å². The summed E-state index contributed by atoms with van der Waals surface area (Å²) in [4.78, 5) is 61.6. The van der Waals surface area contributed by atoms with E-state index in [1.807, 2.05) is 92.7 Å². The molecule has 1 aliphatic carbocycles. The Balaban J connectivity index is 1.15. The molecule has 2 fully saturated rings. The number of nitrogens with one attached hydrogen (secondary N) is 3. The molecule has 3 aliphatic rings. The van der Waals surface area contributed by atoms with Crippen molar-refractivity contribution in [1.29, 1.82) is 0 Å². The molecule has 6 rings (SSSR count). The quantitative estimate of drug-likeness (QED) is 0.112. The molecule has 2 saturated heterocycles. The van der Waals surface area contributed by atoms with Crippen molar-refractivity contribution < 1.29 is 43.0 Å². The number of hydrogen-bond donors (Lipinski definition) is 3. The molecule has 5 atom stereocenters. The summed E-state index contributed by atoms with van der Waals surface area (Å²) in [6.45, 7) is 6.70. The highest BCUT2D eigenvalue weighted by Crippen LogP contribution is 2.44. The Labute approximate surface area is 353 Å².